The van der Waals surface area contributed by atoms with Crippen molar-refractivity contribution in [1.29, 1.82) is 0 Å². The van der Waals surface area contributed by atoms with Crippen LogP contribution < -0.4 is 11.1 Å². The first-order valence-electron chi connectivity index (χ1n) is 7.36. The van der Waals surface area contributed by atoms with Crippen molar-refractivity contribution in [3.05, 3.63) is 35.9 Å². The summed E-state index contributed by atoms with van der Waals surface area (Å²) in [6.07, 6.45) is 0. The van der Waals surface area contributed by atoms with Crippen LogP contribution in [0, 0.1) is 5.92 Å². The number of carbonyl (C=O) groups excluding carboxylic acids is 1. The molecule has 110 valence electrons. The number of benzene rings is 1. The number of hydrogen-bond acceptors (Lipinski definition) is 3. The SMILES string of the molecule is CC1NCCN(C(=O)C(C)C(N)c2ccccc2)C1C. The van der Waals surface area contributed by atoms with Crippen molar-refractivity contribution < 1.29 is 4.79 Å². The largest absolute Gasteiger partial charge is 0.337 e. The zero-order valence-corrected chi connectivity index (χ0v) is 12.5. The molecule has 4 unspecified atom stereocenters. The van der Waals surface area contributed by atoms with E-state index in [1.54, 1.807) is 0 Å². The van der Waals surface area contributed by atoms with Crippen molar-refractivity contribution in [3.8, 4) is 0 Å². The van der Waals surface area contributed by atoms with E-state index in [4.69, 9.17) is 5.73 Å². The van der Waals surface area contributed by atoms with Gasteiger partial charge in [-0.05, 0) is 19.4 Å². The zero-order chi connectivity index (χ0) is 14.7. The minimum atomic E-state index is -0.249. The molecular weight excluding hydrogens is 250 g/mol. The third-order valence-electron chi connectivity index (χ3n) is 4.43. The number of carbonyl (C=O) groups is 1. The molecule has 20 heavy (non-hydrogen) atoms. The van der Waals surface area contributed by atoms with Gasteiger partial charge in [0.2, 0.25) is 5.91 Å². The van der Waals surface area contributed by atoms with Gasteiger partial charge in [-0.3, -0.25) is 4.79 Å². The van der Waals surface area contributed by atoms with E-state index in [1.807, 2.05) is 42.2 Å². The summed E-state index contributed by atoms with van der Waals surface area (Å²) in [7, 11) is 0. The van der Waals surface area contributed by atoms with E-state index < -0.39 is 0 Å². The maximum atomic E-state index is 12.7. The molecule has 1 saturated heterocycles. The summed E-state index contributed by atoms with van der Waals surface area (Å²) in [6, 6.07) is 10.1. The topological polar surface area (TPSA) is 58.4 Å². The zero-order valence-electron chi connectivity index (χ0n) is 12.5. The first-order valence-corrected chi connectivity index (χ1v) is 7.36. The number of amides is 1. The standard InChI is InChI=1S/C16H25N3O/c1-11(15(17)14-7-5-4-6-8-14)16(20)19-10-9-18-12(2)13(19)3/h4-8,11-13,15,18H,9-10,17H2,1-3H3. The molecular formula is C16H25N3O. The van der Waals surface area contributed by atoms with Crippen molar-refractivity contribution in [2.24, 2.45) is 11.7 Å². The number of hydrogen-bond donors (Lipinski definition) is 2. The second-order valence-electron chi connectivity index (χ2n) is 5.74. The van der Waals surface area contributed by atoms with Crippen LogP contribution in [0.2, 0.25) is 0 Å². The van der Waals surface area contributed by atoms with E-state index in [9.17, 15) is 4.79 Å². The molecule has 1 aliphatic heterocycles. The van der Waals surface area contributed by atoms with Gasteiger partial charge >= 0.3 is 0 Å². The van der Waals surface area contributed by atoms with Crippen LogP contribution in [-0.2, 0) is 4.79 Å². The van der Waals surface area contributed by atoms with Crippen molar-refractivity contribution in [2.75, 3.05) is 13.1 Å². The third kappa shape index (κ3) is 3.02. The molecule has 1 fully saturated rings. The van der Waals surface area contributed by atoms with Gasteiger partial charge in [0, 0.05) is 31.2 Å². The molecule has 1 aromatic carbocycles. The summed E-state index contributed by atoms with van der Waals surface area (Å²) < 4.78 is 0. The predicted molar refractivity (Wildman–Crippen MR) is 81.2 cm³/mol. The summed E-state index contributed by atoms with van der Waals surface area (Å²) in [5.41, 5.74) is 7.28. The molecule has 1 aromatic rings. The highest BCUT2D eigenvalue weighted by atomic mass is 16.2. The summed E-state index contributed by atoms with van der Waals surface area (Å²) in [5, 5.41) is 3.39. The molecule has 1 heterocycles. The van der Waals surface area contributed by atoms with Crippen LogP contribution in [0.5, 0.6) is 0 Å². The fourth-order valence-electron chi connectivity index (χ4n) is 2.75. The number of nitrogens with zero attached hydrogens (tertiary/aromatic N) is 1. The molecule has 0 saturated carbocycles. The van der Waals surface area contributed by atoms with E-state index in [0.717, 1.165) is 18.7 Å². The lowest BCUT2D eigenvalue weighted by Gasteiger charge is -2.40. The highest BCUT2D eigenvalue weighted by Gasteiger charge is 2.33. The average Bonchev–Trinajstić information content (AvgIpc) is 2.48. The Morgan fingerprint density at radius 2 is 2.00 bits per heavy atom. The second-order valence-corrected chi connectivity index (χ2v) is 5.74. The summed E-state index contributed by atoms with van der Waals surface area (Å²) >= 11 is 0. The van der Waals surface area contributed by atoms with Gasteiger partial charge in [0.1, 0.15) is 0 Å². The van der Waals surface area contributed by atoms with Crippen LogP contribution in [0.1, 0.15) is 32.4 Å². The Labute approximate surface area is 121 Å². The van der Waals surface area contributed by atoms with Gasteiger partial charge in [0.05, 0.1) is 5.92 Å². The van der Waals surface area contributed by atoms with Crippen molar-refractivity contribution >= 4 is 5.91 Å². The molecule has 0 bridgehead atoms. The van der Waals surface area contributed by atoms with Crippen molar-refractivity contribution in [1.82, 2.24) is 10.2 Å². The van der Waals surface area contributed by atoms with Crippen LogP contribution in [-0.4, -0.2) is 36.0 Å². The molecule has 0 spiro atoms. The third-order valence-corrected chi connectivity index (χ3v) is 4.43. The maximum Gasteiger partial charge on any atom is 0.227 e. The molecule has 1 amide bonds. The maximum absolute atomic E-state index is 12.7. The summed E-state index contributed by atoms with van der Waals surface area (Å²) in [6.45, 7) is 7.75. The average molecular weight is 275 g/mol. The summed E-state index contributed by atoms with van der Waals surface area (Å²) in [5.74, 6) is -0.0487. The van der Waals surface area contributed by atoms with Gasteiger partial charge in [-0.1, -0.05) is 37.3 Å². The number of nitrogens with one attached hydrogen (secondary N) is 1. The molecule has 1 aliphatic rings. The van der Waals surface area contributed by atoms with Crippen molar-refractivity contribution in [3.63, 3.8) is 0 Å². The van der Waals surface area contributed by atoms with Crippen LogP contribution in [0.3, 0.4) is 0 Å². The Kier molecular flexibility index (Phi) is 4.78. The lowest BCUT2D eigenvalue weighted by atomic mass is 9.93. The lowest BCUT2D eigenvalue weighted by Crippen LogP contribution is -2.58. The molecule has 2 rings (SSSR count). The van der Waals surface area contributed by atoms with Gasteiger partial charge in [-0.2, -0.15) is 0 Å². The molecule has 4 atom stereocenters. The van der Waals surface area contributed by atoms with Gasteiger partial charge < -0.3 is 16.0 Å². The van der Waals surface area contributed by atoms with E-state index in [2.05, 4.69) is 19.2 Å². The highest BCUT2D eigenvalue weighted by Crippen LogP contribution is 2.23. The van der Waals surface area contributed by atoms with Gasteiger partial charge in [0.15, 0.2) is 0 Å². The smallest absolute Gasteiger partial charge is 0.227 e. The Morgan fingerprint density at radius 1 is 1.35 bits per heavy atom. The number of rotatable bonds is 3. The second kappa shape index (κ2) is 6.37. The van der Waals surface area contributed by atoms with Crippen LogP contribution in [0.25, 0.3) is 0 Å². The Balaban J connectivity index is 2.08. The minimum Gasteiger partial charge on any atom is -0.337 e. The Morgan fingerprint density at radius 3 is 2.65 bits per heavy atom. The quantitative estimate of drug-likeness (QED) is 0.879. The first-order chi connectivity index (χ1) is 9.52. The van der Waals surface area contributed by atoms with Gasteiger partial charge in [0.25, 0.3) is 0 Å². The highest BCUT2D eigenvalue weighted by molar-refractivity contribution is 5.80. The van der Waals surface area contributed by atoms with E-state index >= 15 is 0 Å². The number of nitrogens with two attached hydrogens (primary N) is 1. The molecule has 0 aromatic heterocycles. The van der Waals surface area contributed by atoms with E-state index in [-0.39, 0.29) is 23.9 Å². The predicted octanol–water partition coefficient (Wildman–Crippen LogP) is 1.53. The molecule has 0 radical (unpaired) electrons. The van der Waals surface area contributed by atoms with E-state index in [0.29, 0.717) is 6.04 Å². The Hall–Kier alpha value is -1.39. The Bertz CT molecular complexity index is 448. The fraction of sp³-hybridized carbons (Fsp3) is 0.562. The van der Waals surface area contributed by atoms with E-state index in [1.165, 1.54) is 0 Å². The lowest BCUT2D eigenvalue weighted by molar-refractivity contribution is -0.139. The first kappa shape index (κ1) is 15.0. The van der Waals surface area contributed by atoms with Crippen LogP contribution in [0.15, 0.2) is 30.3 Å². The van der Waals surface area contributed by atoms with Crippen LogP contribution in [0.4, 0.5) is 0 Å². The fourth-order valence-corrected chi connectivity index (χ4v) is 2.75. The molecule has 4 heteroatoms. The molecule has 3 N–H and O–H groups in total. The number of piperazine rings is 1. The summed E-state index contributed by atoms with van der Waals surface area (Å²) in [4.78, 5) is 14.7. The van der Waals surface area contributed by atoms with Gasteiger partial charge in [-0.25, -0.2) is 0 Å². The van der Waals surface area contributed by atoms with Crippen molar-refractivity contribution in [2.45, 2.75) is 38.9 Å². The normalized spacial score (nSPS) is 26.1. The monoisotopic (exact) mass is 275 g/mol. The molecule has 4 nitrogen and oxygen atoms in total. The van der Waals surface area contributed by atoms with Gasteiger partial charge in [-0.15, -0.1) is 0 Å². The molecule has 0 aliphatic carbocycles. The van der Waals surface area contributed by atoms with Crippen LogP contribution >= 0.6 is 0 Å². The minimum absolute atomic E-state index is 0.155.